The minimum atomic E-state index is -0.340. The molecule has 0 N–H and O–H groups in total. The molecule has 0 amide bonds. The SMILES string of the molecule is COC(=O)c1c(OCCCCCCCCCCCCCCC(C)C)ccc2ccccc12. The van der Waals surface area contributed by atoms with Crippen LogP contribution in [0.25, 0.3) is 10.8 Å². The molecule has 178 valence electrons. The van der Waals surface area contributed by atoms with Crippen LogP contribution in [0.3, 0.4) is 0 Å². The van der Waals surface area contributed by atoms with Crippen molar-refractivity contribution in [1.82, 2.24) is 0 Å². The van der Waals surface area contributed by atoms with Crippen LogP contribution < -0.4 is 4.74 Å². The van der Waals surface area contributed by atoms with Crippen LogP contribution >= 0.6 is 0 Å². The van der Waals surface area contributed by atoms with Crippen molar-refractivity contribution in [2.75, 3.05) is 13.7 Å². The molecular weight excluding hydrogens is 396 g/mol. The van der Waals surface area contributed by atoms with Crippen molar-refractivity contribution in [1.29, 1.82) is 0 Å². The van der Waals surface area contributed by atoms with Gasteiger partial charge < -0.3 is 9.47 Å². The fourth-order valence-corrected chi connectivity index (χ4v) is 4.29. The van der Waals surface area contributed by atoms with Crippen molar-refractivity contribution in [3.05, 3.63) is 42.0 Å². The second kappa shape index (κ2) is 15.7. The molecule has 0 bridgehead atoms. The van der Waals surface area contributed by atoms with Gasteiger partial charge in [0.25, 0.3) is 0 Å². The number of hydrogen-bond donors (Lipinski definition) is 0. The maximum Gasteiger partial charge on any atom is 0.342 e. The third kappa shape index (κ3) is 9.63. The summed E-state index contributed by atoms with van der Waals surface area (Å²) in [5, 5.41) is 1.90. The number of methoxy groups -OCH3 is 1. The number of ether oxygens (including phenoxy) is 2. The summed E-state index contributed by atoms with van der Waals surface area (Å²) in [5.41, 5.74) is 0.533. The minimum absolute atomic E-state index is 0.340. The molecule has 0 aliphatic heterocycles. The third-order valence-corrected chi connectivity index (χ3v) is 6.21. The van der Waals surface area contributed by atoms with Gasteiger partial charge in [0.1, 0.15) is 11.3 Å². The Morgan fingerprint density at radius 2 is 1.31 bits per heavy atom. The zero-order chi connectivity index (χ0) is 23.0. The fraction of sp³-hybridized carbons (Fsp3) is 0.621. The Labute approximate surface area is 195 Å². The Balaban J connectivity index is 1.54. The maximum absolute atomic E-state index is 12.3. The number of unbranched alkanes of at least 4 members (excludes halogenated alkanes) is 11. The average Bonchev–Trinajstić information content (AvgIpc) is 2.80. The van der Waals surface area contributed by atoms with Crippen LogP contribution in [0.4, 0.5) is 0 Å². The summed E-state index contributed by atoms with van der Waals surface area (Å²) in [5.74, 6) is 1.14. The molecule has 2 aromatic rings. The van der Waals surface area contributed by atoms with Gasteiger partial charge >= 0.3 is 5.97 Å². The second-order valence-electron chi connectivity index (χ2n) is 9.43. The summed E-state index contributed by atoms with van der Waals surface area (Å²) >= 11 is 0. The van der Waals surface area contributed by atoms with Gasteiger partial charge in [0.15, 0.2) is 0 Å². The monoisotopic (exact) mass is 440 g/mol. The molecule has 0 saturated heterocycles. The number of esters is 1. The van der Waals surface area contributed by atoms with Crippen LogP contribution in [-0.4, -0.2) is 19.7 Å². The van der Waals surface area contributed by atoms with Gasteiger partial charge in [-0.3, -0.25) is 0 Å². The van der Waals surface area contributed by atoms with E-state index in [1.807, 2.05) is 36.4 Å². The quantitative estimate of drug-likeness (QED) is 0.182. The van der Waals surface area contributed by atoms with E-state index in [0.29, 0.717) is 17.9 Å². The van der Waals surface area contributed by atoms with E-state index in [0.717, 1.165) is 23.1 Å². The Hall–Kier alpha value is -2.03. The average molecular weight is 441 g/mol. The van der Waals surface area contributed by atoms with Gasteiger partial charge in [0, 0.05) is 0 Å². The van der Waals surface area contributed by atoms with Gasteiger partial charge in [-0.2, -0.15) is 0 Å². The van der Waals surface area contributed by atoms with Gasteiger partial charge in [0.2, 0.25) is 0 Å². The molecule has 0 radical (unpaired) electrons. The number of rotatable bonds is 17. The molecule has 0 spiro atoms. The number of benzene rings is 2. The summed E-state index contributed by atoms with van der Waals surface area (Å²) in [4.78, 5) is 12.3. The van der Waals surface area contributed by atoms with E-state index in [9.17, 15) is 4.79 Å². The van der Waals surface area contributed by atoms with Crippen LogP contribution in [0.2, 0.25) is 0 Å². The first-order valence-electron chi connectivity index (χ1n) is 12.9. The summed E-state index contributed by atoms with van der Waals surface area (Å²) in [6, 6.07) is 11.7. The highest BCUT2D eigenvalue weighted by Gasteiger charge is 2.17. The molecule has 0 aliphatic carbocycles. The van der Waals surface area contributed by atoms with Crippen molar-refractivity contribution in [3.63, 3.8) is 0 Å². The summed E-state index contributed by atoms with van der Waals surface area (Å²) in [7, 11) is 1.42. The van der Waals surface area contributed by atoms with Crippen LogP contribution in [0.1, 0.15) is 108 Å². The van der Waals surface area contributed by atoms with Crippen LogP contribution in [0, 0.1) is 5.92 Å². The first-order valence-corrected chi connectivity index (χ1v) is 12.9. The molecule has 2 aromatic carbocycles. The van der Waals surface area contributed by atoms with Gasteiger partial charge in [-0.1, -0.05) is 121 Å². The minimum Gasteiger partial charge on any atom is -0.493 e. The molecule has 0 heterocycles. The molecule has 32 heavy (non-hydrogen) atoms. The van der Waals surface area contributed by atoms with E-state index >= 15 is 0 Å². The third-order valence-electron chi connectivity index (χ3n) is 6.21. The highest BCUT2D eigenvalue weighted by Crippen LogP contribution is 2.29. The lowest BCUT2D eigenvalue weighted by Crippen LogP contribution is -2.07. The Kier molecular flexibility index (Phi) is 12.9. The number of fused-ring (bicyclic) bond motifs is 1. The van der Waals surface area contributed by atoms with Crippen LogP contribution in [0.15, 0.2) is 36.4 Å². The molecule has 0 atom stereocenters. The Morgan fingerprint density at radius 1 is 0.750 bits per heavy atom. The molecule has 3 heteroatoms. The topological polar surface area (TPSA) is 35.5 Å². The normalized spacial score (nSPS) is 11.2. The Morgan fingerprint density at radius 3 is 1.91 bits per heavy atom. The van der Waals surface area contributed by atoms with E-state index in [2.05, 4.69) is 13.8 Å². The smallest absolute Gasteiger partial charge is 0.342 e. The predicted octanol–water partition coefficient (Wildman–Crippen LogP) is 8.73. The van der Waals surface area contributed by atoms with Crippen LogP contribution in [0.5, 0.6) is 5.75 Å². The van der Waals surface area contributed by atoms with Crippen molar-refractivity contribution in [2.24, 2.45) is 5.92 Å². The molecule has 0 saturated carbocycles. The first kappa shape index (κ1) is 26.2. The van der Waals surface area contributed by atoms with E-state index in [1.54, 1.807) is 0 Å². The highest BCUT2D eigenvalue weighted by molar-refractivity contribution is 6.07. The largest absolute Gasteiger partial charge is 0.493 e. The maximum atomic E-state index is 12.3. The molecule has 0 aromatic heterocycles. The van der Waals surface area contributed by atoms with Crippen molar-refractivity contribution in [3.8, 4) is 5.75 Å². The molecule has 0 aliphatic rings. The Bertz CT molecular complexity index is 781. The van der Waals surface area contributed by atoms with E-state index in [1.165, 1.54) is 84.2 Å². The van der Waals surface area contributed by atoms with Crippen molar-refractivity contribution in [2.45, 2.75) is 97.3 Å². The summed E-state index contributed by atoms with van der Waals surface area (Å²) < 4.78 is 11.0. The van der Waals surface area contributed by atoms with Gasteiger partial charge in [-0.05, 0) is 29.2 Å². The van der Waals surface area contributed by atoms with Gasteiger partial charge in [0.05, 0.1) is 13.7 Å². The lowest BCUT2D eigenvalue weighted by Gasteiger charge is -2.13. The van der Waals surface area contributed by atoms with Crippen molar-refractivity contribution >= 4 is 16.7 Å². The standard InChI is InChI=1S/C29H44O3/c1-24(2)18-14-12-10-8-6-4-5-7-9-11-13-17-23-32-27-22-21-25-19-15-16-20-26(25)28(27)29(30)31-3/h15-16,19-22,24H,4-14,17-18,23H2,1-3H3. The number of hydrogen-bond acceptors (Lipinski definition) is 3. The predicted molar refractivity (Wildman–Crippen MR) is 136 cm³/mol. The molecule has 0 fully saturated rings. The fourth-order valence-electron chi connectivity index (χ4n) is 4.29. The van der Waals surface area contributed by atoms with E-state index in [4.69, 9.17) is 9.47 Å². The van der Waals surface area contributed by atoms with Gasteiger partial charge in [-0.25, -0.2) is 4.79 Å². The number of carbonyl (C=O) groups is 1. The second-order valence-corrected chi connectivity index (χ2v) is 9.43. The van der Waals surface area contributed by atoms with Gasteiger partial charge in [-0.15, -0.1) is 0 Å². The lowest BCUT2D eigenvalue weighted by molar-refractivity contribution is 0.0598. The molecule has 0 unspecified atom stereocenters. The molecule has 3 nitrogen and oxygen atoms in total. The van der Waals surface area contributed by atoms with E-state index < -0.39 is 0 Å². The lowest BCUT2D eigenvalue weighted by atomic mass is 10.0. The van der Waals surface area contributed by atoms with E-state index in [-0.39, 0.29) is 5.97 Å². The zero-order valence-electron chi connectivity index (χ0n) is 20.7. The first-order chi connectivity index (χ1) is 15.6. The van der Waals surface area contributed by atoms with Crippen LogP contribution in [-0.2, 0) is 4.74 Å². The summed E-state index contributed by atoms with van der Waals surface area (Å²) in [6.45, 7) is 5.27. The molecule has 2 rings (SSSR count). The zero-order valence-corrected chi connectivity index (χ0v) is 20.7. The molecular formula is C29H44O3. The van der Waals surface area contributed by atoms with Crippen molar-refractivity contribution < 1.29 is 14.3 Å². The summed E-state index contributed by atoms with van der Waals surface area (Å²) in [6.07, 6.45) is 17.4. The highest BCUT2D eigenvalue weighted by atomic mass is 16.5. The number of carbonyl (C=O) groups excluding carboxylic acids is 1.